The molecule has 0 bridgehead atoms. The summed E-state index contributed by atoms with van der Waals surface area (Å²) in [4.78, 5) is 25.4. The Bertz CT molecular complexity index is 783. The Morgan fingerprint density at radius 2 is 1.58 bits per heavy atom. The number of carbonyl (C=O) groups is 2. The summed E-state index contributed by atoms with van der Waals surface area (Å²) in [7, 11) is 4.18. The quantitative estimate of drug-likeness (QED) is 0.654. The average molecular weight is 352 g/mol. The molecule has 0 radical (unpaired) electrons. The lowest BCUT2D eigenvalue weighted by Crippen LogP contribution is -3.04. The highest BCUT2D eigenvalue weighted by Crippen LogP contribution is 2.09. The molecule has 5 nitrogen and oxygen atoms in total. The molecule has 0 fully saturated rings. The number of benzene rings is 2. The van der Waals surface area contributed by atoms with Gasteiger partial charge >= 0.3 is 0 Å². The van der Waals surface area contributed by atoms with Gasteiger partial charge in [-0.25, -0.2) is 0 Å². The lowest BCUT2D eigenvalue weighted by molar-refractivity contribution is -0.872. The molecule has 0 saturated carbocycles. The second-order valence-electron chi connectivity index (χ2n) is 6.49. The van der Waals surface area contributed by atoms with Gasteiger partial charge in [-0.05, 0) is 17.2 Å². The van der Waals surface area contributed by atoms with E-state index in [1.165, 1.54) is 17.4 Å². The van der Waals surface area contributed by atoms with Gasteiger partial charge in [0.15, 0.2) is 0 Å². The Morgan fingerprint density at radius 3 is 2.19 bits per heavy atom. The molecular formula is C21H26N3O2+. The molecule has 3 N–H and O–H groups in total. The van der Waals surface area contributed by atoms with E-state index in [0.29, 0.717) is 6.54 Å². The van der Waals surface area contributed by atoms with Gasteiger partial charge < -0.3 is 15.5 Å². The van der Waals surface area contributed by atoms with Crippen molar-refractivity contribution in [1.82, 2.24) is 10.6 Å². The summed E-state index contributed by atoms with van der Waals surface area (Å²) in [5.41, 5.74) is 3.35. The Balaban J connectivity index is 2.13. The topological polar surface area (TPSA) is 62.6 Å². The molecule has 2 aromatic rings. The standard InChI is InChI=1S/C21H25N3O2/c1-16(25)23-20(13-17-9-5-4-6-10-17)21(26)22-14-18-11-7-8-12-19(18)15-24(2)3/h4-13H,14-15H2,1-3H3,(H,22,26)(H,23,25)/p+1/b20-13-. The van der Waals surface area contributed by atoms with Crippen LogP contribution in [-0.2, 0) is 22.7 Å². The Labute approximate surface area is 154 Å². The molecular weight excluding hydrogens is 326 g/mol. The minimum Gasteiger partial charge on any atom is -0.347 e. The van der Waals surface area contributed by atoms with Crippen molar-refractivity contribution < 1.29 is 14.5 Å². The first-order valence-electron chi connectivity index (χ1n) is 8.64. The average Bonchev–Trinajstić information content (AvgIpc) is 2.60. The van der Waals surface area contributed by atoms with Gasteiger partial charge in [-0.1, -0.05) is 54.6 Å². The van der Waals surface area contributed by atoms with E-state index in [9.17, 15) is 9.59 Å². The van der Waals surface area contributed by atoms with Gasteiger partial charge in [0.05, 0.1) is 14.1 Å². The van der Waals surface area contributed by atoms with Crippen LogP contribution in [0.5, 0.6) is 0 Å². The zero-order valence-corrected chi connectivity index (χ0v) is 15.5. The zero-order valence-electron chi connectivity index (χ0n) is 15.5. The van der Waals surface area contributed by atoms with Crippen molar-refractivity contribution in [2.24, 2.45) is 0 Å². The summed E-state index contributed by atoms with van der Waals surface area (Å²) < 4.78 is 0. The van der Waals surface area contributed by atoms with Crippen LogP contribution in [0.25, 0.3) is 6.08 Å². The van der Waals surface area contributed by atoms with Gasteiger partial charge in [0.2, 0.25) is 5.91 Å². The van der Waals surface area contributed by atoms with E-state index in [0.717, 1.165) is 17.7 Å². The molecule has 0 aliphatic heterocycles. The van der Waals surface area contributed by atoms with Crippen LogP contribution in [-0.4, -0.2) is 25.9 Å². The largest absolute Gasteiger partial charge is 0.347 e. The first kappa shape index (κ1) is 19.4. The molecule has 2 amide bonds. The SMILES string of the molecule is CC(=O)N/C(=C\c1ccccc1)C(=O)NCc1ccccc1C[NH+](C)C. The third-order valence-corrected chi connectivity index (χ3v) is 3.77. The number of hydrogen-bond acceptors (Lipinski definition) is 2. The minimum absolute atomic E-state index is 0.236. The highest BCUT2D eigenvalue weighted by atomic mass is 16.2. The highest BCUT2D eigenvalue weighted by molar-refractivity contribution is 6.00. The fourth-order valence-electron chi connectivity index (χ4n) is 2.62. The summed E-state index contributed by atoms with van der Waals surface area (Å²) in [6.45, 7) is 2.68. The molecule has 136 valence electrons. The van der Waals surface area contributed by atoms with Crippen LogP contribution in [0.3, 0.4) is 0 Å². The van der Waals surface area contributed by atoms with Crippen molar-refractivity contribution in [3.05, 3.63) is 77.0 Å². The van der Waals surface area contributed by atoms with E-state index in [1.54, 1.807) is 6.08 Å². The van der Waals surface area contributed by atoms with Crippen LogP contribution in [0.15, 0.2) is 60.3 Å². The maximum atomic E-state index is 12.6. The third-order valence-electron chi connectivity index (χ3n) is 3.77. The smallest absolute Gasteiger partial charge is 0.268 e. The lowest BCUT2D eigenvalue weighted by atomic mass is 10.1. The van der Waals surface area contributed by atoms with Crippen LogP contribution in [0, 0.1) is 0 Å². The molecule has 0 atom stereocenters. The summed E-state index contributed by atoms with van der Waals surface area (Å²) in [5.74, 6) is -0.588. The van der Waals surface area contributed by atoms with Gasteiger partial charge in [-0.15, -0.1) is 0 Å². The second-order valence-corrected chi connectivity index (χ2v) is 6.49. The minimum atomic E-state index is -0.309. The van der Waals surface area contributed by atoms with E-state index in [-0.39, 0.29) is 17.5 Å². The second kappa shape index (κ2) is 9.53. The Hall–Kier alpha value is -2.92. The molecule has 2 aromatic carbocycles. The van der Waals surface area contributed by atoms with Crippen LogP contribution in [0.1, 0.15) is 23.6 Å². The molecule has 0 aliphatic carbocycles. The fraction of sp³-hybridized carbons (Fsp3) is 0.238. The Morgan fingerprint density at radius 1 is 0.962 bits per heavy atom. The molecule has 0 saturated heterocycles. The van der Waals surface area contributed by atoms with Crippen molar-refractivity contribution in [2.75, 3.05) is 14.1 Å². The number of amides is 2. The molecule has 5 heteroatoms. The van der Waals surface area contributed by atoms with Gasteiger partial charge in [-0.3, -0.25) is 9.59 Å². The number of hydrogen-bond donors (Lipinski definition) is 3. The van der Waals surface area contributed by atoms with Crippen LogP contribution >= 0.6 is 0 Å². The predicted molar refractivity (Wildman–Crippen MR) is 103 cm³/mol. The summed E-state index contributed by atoms with van der Waals surface area (Å²) in [6, 6.07) is 17.5. The van der Waals surface area contributed by atoms with Crippen molar-refractivity contribution >= 4 is 17.9 Å². The zero-order chi connectivity index (χ0) is 18.9. The van der Waals surface area contributed by atoms with Crippen molar-refractivity contribution in [2.45, 2.75) is 20.0 Å². The van der Waals surface area contributed by atoms with Gasteiger partial charge in [0, 0.05) is 19.0 Å². The first-order chi connectivity index (χ1) is 12.5. The van der Waals surface area contributed by atoms with Crippen molar-refractivity contribution in [1.29, 1.82) is 0 Å². The van der Waals surface area contributed by atoms with Crippen LogP contribution in [0.4, 0.5) is 0 Å². The molecule has 0 aliphatic rings. The number of quaternary nitrogens is 1. The molecule has 26 heavy (non-hydrogen) atoms. The molecule has 0 spiro atoms. The van der Waals surface area contributed by atoms with Crippen LogP contribution in [0.2, 0.25) is 0 Å². The maximum Gasteiger partial charge on any atom is 0.268 e. The predicted octanol–water partition coefficient (Wildman–Crippen LogP) is 1.12. The van der Waals surface area contributed by atoms with E-state index >= 15 is 0 Å². The number of carbonyl (C=O) groups excluding carboxylic acids is 2. The van der Waals surface area contributed by atoms with E-state index < -0.39 is 0 Å². The first-order valence-corrected chi connectivity index (χ1v) is 8.64. The maximum absolute atomic E-state index is 12.6. The summed E-state index contributed by atoms with van der Waals surface area (Å²) in [5, 5.41) is 5.52. The van der Waals surface area contributed by atoms with E-state index in [4.69, 9.17) is 0 Å². The van der Waals surface area contributed by atoms with Crippen molar-refractivity contribution in [3.8, 4) is 0 Å². The normalized spacial score (nSPS) is 11.3. The summed E-state index contributed by atoms with van der Waals surface area (Å²) >= 11 is 0. The number of nitrogens with one attached hydrogen (secondary N) is 3. The molecule has 0 aromatic heterocycles. The number of rotatable bonds is 7. The van der Waals surface area contributed by atoms with Crippen molar-refractivity contribution in [3.63, 3.8) is 0 Å². The van der Waals surface area contributed by atoms with Crippen LogP contribution < -0.4 is 15.5 Å². The van der Waals surface area contributed by atoms with E-state index in [2.05, 4.69) is 30.8 Å². The molecule has 0 heterocycles. The molecule has 0 unspecified atom stereocenters. The monoisotopic (exact) mass is 352 g/mol. The fourth-order valence-corrected chi connectivity index (χ4v) is 2.62. The third kappa shape index (κ3) is 6.18. The van der Waals surface area contributed by atoms with E-state index in [1.807, 2.05) is 48.5 Å². The Kier molecular flexibility index (Phi) is 7.12. The highest BCUT2D eigenvalue weighted by Gasteiger charge is 2.12. The van der Waals surface area contributed by atoms with Gasteiger partial charge in [-0.2, -0.15) is 0 Å². The van der Waals surface area contributed by atoms with Gasteiger partial charge in [0.25, 0.3) is 5.91 Å². The van der Waals surface area contributed by atoms with Gasteiger partial charge in [0.1, 0.15) is 12.2 Å². The molecule has 2 rings (SSSR count). The summed E-state index contributed by atoms with van der Waals surface area (Å²) in [6.07, 6.45) is 1.67. The lowest BCUT2D eigenvalue weighted by Gasteiger charge is -2.14.